The minimum atomic E-state index is -4.05. The zero-order valence-corrected chi connectivity index (χ0v) is 22.1. The molecular weight excluding hydrogens is 528 g/mol. The van der Waals surface area contributed by atoms with Crippen molar-refractivity contribution in [3.63, 3.8) is 0 Å². The normalized spacial score (nSPS) is 14.5. The first kappa shape index (κ1) is 25.0. The summed E-state index contributed by atoms with van der Waals surface area (Å²) in [5.41, 5.74) is 2.63. The molecule has 7 nitrogen and oxygen atoms in total. The van der Waals surface area contributed by atoms with Gasteiger partial charge in [-0.25, -0.2) is 8.42 Å². The van der Waals surface area contributed by atoms with Crippen molar-refractivity contribution in [2.24, 2.45) is 0 Å². The second kappa shape index (κ2) is 10.4. The van der Waals surface area contributed by atoms with Gasteiger partial charge in [0.1, 0.15) is 4.91 Å². The van der Waals surface area contributed by atoms with Gasteiger partial charge in [0.15, 0.2) is 0 Å². The first-order valence-corrected chi connectivity index (χ1v) is 14.0. The van der Waals surface area contributed by atoms with Gasteiger partial charge in [-0.15, -0.1) is 0 Å². The van der Waals surface area contributed by atoms with Crippen molar-refractivity contribution in [1.29, 1.82) is 0 Å². The summed E-state index contributed by atoms with van der Waals surface area (Å²) in [6.07, 6.45) is 6.53. The molecule has 0 radical (unpaired) electrons. The molecule has 5 rings (SSSR count). The second-order valence-corrected chi connectivity index (χ2v) is 11.3. The molecule has 188 valence electrons. The van der Waals surface area contributed by atoms with E-state index in [-0.39, 0.29) is 28.1 Å². The van der Waals surface area contributed by atoms with Crippen LogP contribution in [0.3, 0.4) is 0 Å². The fourth-order valence-electron chi connectivity index (χ4n) is 4.27. The van der Waals surface area contributed by atoms with Crippen LogP contribution in [-0.4, -0.2) is 30.6 Å². The zero-order chi connectivity index (χ0) is 26.0. The number of fused-ring (bicyclic) bond motifs is 1. The Balaban J connectivity index is 1.51. The van der Waals surface area contributed by atoms with Gasteiger partial charge in [-0.05, 0) is 41.5 Å². The van der Waals surface area contributed by atoms with Crippen molar-refractivity contribution in [3.8, 4) is 0 Å². The van der Waals surface area contributed by atoms with Crippen LogP contribution in [0, 0.1) is 0 Å². The molecule has 0 saturated carbocycles. The van der Waals surface area contributed by atoms with Gasteiger partial charge in [-0.3, -0.25) is 13.8 Å². The maximum atomic E-state index is 13.9. The zero-order valence-electron chi connectivity index (χ0n) is 19.7. The van der Waals surface area contributed by atoms with Gasteiger partial charge in [0.25, 0.3) is 15.9 Å². The predicted molar refractivity (Wildman–Crippen MR) is 149 cm³/mol. The number of carbonyl (C=O) groups is 1. The molecule has 2 aliphatic rings. The van der Waals surface area contributed by atoms with E-state index in [2.05, 4.69) is 9.44 Å². The van der Waals surface area contributed by atoms with Gasteiger partial charge in [0, 0.05) is 24.5 Å². The smallest absolute Gasteiger partial charge is 0.264 e. The summed E-state index contributed by atoms with van der Waals surface area (Å²) in [7, 11) is -2.34. The fraction of sp³-hybridized carbons (Fsp3) is 0.0741. The SMILES string of the molecule is CN(C(=O)c1ccc(Cl)cc1NS(=O)(=O)C1=CC=CN2SNC=C12)C(c1ccccc1)c1ccccc1. The molecule has 37 heavy (non-hydrogen) atoms. The van der Waals surface area contributed by atoms with Crippen LogP contribution in [0.1, 0.15) is 27.5 Å². The number of carbonyl (C=O) groups excluding carboxylic acids is 1. The summed E-state index contributed by atoms with van der Waals surface area (Å²) in [5, 5.41) is 0.302. The summed E-state index contributed by atoms with van der Waals surface area (Å²) in [6.45, 7) is 0. The summed E-state index contributed by atoms with van der Waals surface area (Å²) < 4.78 is 34.1. The molecule has 0 aromatic heterocycles. The van der Waals surface area contributed by atoms with E-state index < -0.39 is 10.0 Å². The minimum absolute atomic E-state index is 0.0747. The largest absolute Gasteiger partial charge is 0.330 e. The number of hydrogen-bond acceptors (Lipinski definition) is 6. The summed E-state index contributed by atoms with van der Waals surface area (Å²) in [4.78, 5) is 15.6. The molecule has 0 aliphatic carbocycles. The second-order valence-electron chi connectivity index (χ2n) is 8.37. The summed E-state index contributed by atoms with van der Waals surface area (Å²) >= 11 is 7.50. The van der Waals surface area contributed by atoms with Crippen molar-refractivity contribution in [1.82, 2.24) is 13.9 Å². The third kappa shape index (κ3) is 5.11. The molecular formula is C27H23ClN4O3S2. The molecule has 0 fully saturated rings. The Hall–Kier alpha value is -3.66. The molecule has 0 bridgehead atoms. The number of nitrogens with one attached hydrogen (secondary N) is 2. The van der Waals surface area contributed by atoms with Crippen molar-refractivity contribution < 1.29 is 13.2 Å². The highest BCUT2D eigenvalue weighted by Gasteiger charge is 2.32. The first-order valence-electron chi connectivity index (χ1n) is 11.4. The number of benzene rings is 3. The summed E-state index contributed by atoms with van der Waals surface area (Å²) in [5.74, 6) is -0.358. The Kier molecular flexibility index (Phi) is 7.01. The highest BCUT2D eigenvalue weighted by molar-refractivity contribution is 7.97. The van der Waals surface area contributed by atoms with Gasteiger partial charge in [-0.1, -0.05) is 72.3 Å². The number of anilines is 1. The average molecular weight is 551 g/mol. The van der Waals surface area contributed by atoms with Crippen LogP contribution in [0.5, 0.6) is 0 Å². The lowest BCUT2D eigenvalue weighted by atomic mass is 9.96. The molecule has 10 heteroatoms. The van der Waals surface area contributed by atoms with E-state index in [0.29, 0.717) is 10.7 Å². The predicted octanol–water partition coefficient (Wildman–Crippen LogP) is 5.66. The lowest BCUT2D eigenvalue weighted by Gasteiger charge is -2.30. The van der Waals surface area contributed by atoms with Crippen molar-refractivity contribution >= 4 is 45.4 Å². The van der Waals surface area contributed by atoms with E-state index >= 15 is 0 Å². The maximum Gasteiger partial charge on any atom is 0.264 e. The number of amides is 1. The van der Waals surface area contributed by atoms with Crippen LogP contribution < -0.4 is 9.44 Å². The lowest BCUT2D eigenvalue weighted by molar-refractivity contribution is 0.0756. The molecule has 0 atom stereocenters. The number of sulfonamides is 1. The van der Waals surface area contributed by atoms with Gasteiger partial charge < -0.3 is 9.62 Å². The quantitative estimate of drug-likeness (QED) is 0.369. The minimum Gasteiger partial charge on any atom is -0.330 e. The van der Waals surface area contributed by atoms with Gasteiger partial charge in [0.05, 0.1) is 35.1 Å². The van der Waals surface area contributed by atoms with Crippen LogP contribution in [0.4, 0.5) is 5.69 Å². The van der Waals surface area contributed by atoms with Gasteiger partial charge in [0.2, 0.25) is 0 Å². The highest BCUT2D eigenvalue weighted by atomic mass is 35.5. The number of nitrogens with zero attached hydrogens (tertiary/aromatic N) is 2. The third-order valence-corrected chi connectivity index (χ3v) is 8.38. The van der Waals surface area contributed by atoms with E-state index in [4.69, 9.17) is 11.6 Å². The Morgan fingerprint density at radius 1 is 1.03 bits per heavy atom. The van der Waals surface area contributed by atoms with E-state index in [1.807, 2.05) is 60.7 Å². The van der Waals surface area contributed by atoms with Crippen molar-refractivity contribution in [3.05, 3.63) is 136 Å². The van der Waals surface area contributed by atoms with Crippen molar-refractivity contribution in [2.75, 3.05) is 11.8 Å². The molecule has 1 amide bonds. The maximum absolute atomic E-state index is 13.9. The van der Waals surface area contributed by atoms with Crippen LogP contribution in [0.25, 0.3) is 0 Å². The van der Waals surface area contributed by atoms with Crippen LogP contribution >= 0.6 is 23.7 Å². The van der Waals surface area contributed by atoms with E-state index in [1.165, 1.54) is 24.3 Å². The molecule has 0 unspecified atom stereocenters. The number of allylic oxidation sites excluding steroid dienone is 2. The Morgan fingerprint density at radius 3 is 2.32 bits per heavy atom. The third-order valence-electron chi connectivity index (χ3n) is 5.99. The Labute approximate surface area is 225 Å². The van der Waals surface area contributed by atoms with Crippen LogP contribution in [-0.2, 0) is 10.0 Å². The van der Waals surface area contributed by atoms with E-state index in [0.717, 1.165) is 11.1 Å². The van der Waals surface area contributed by atoms with Crippen LogP contribution in [0.15, 0.2) is 114 Å². The molecule has 2 N–H and O–H groups in total. The van der Waals surface area contributed by atoms with Gasteiger partial charge in [-0.2, -0.15) is 0 Å². The lowest BCUT2D eigenvalue weighted by Crippen LogP contribution is -2.33. The Morgan fingerprint density at radius 2 is 1.68 bits per heavy atom. The topological polar surface area (TPSA) is 81.8 Å². The number of rotatable bonds is 7. The molecule has 2 heterocycles. The van der Waals surface area contributed by atoms with E-state index in [9.17, 15) is 13.2 Å². The number of halogens is 1. The van der Waals surface area contributed by atoms with Gasteiger partial charge >= 0.3 is 0 Å². The van der Waals surface area contributed by atoms with Crippen LogP contribution in [0.2, 0.25) is 5.02 Å². The monoisotopic (exact) mass is 550 g/mol. The average Bonchev–Trinajstić information content (AvgIpc) is 3.39. The fourth-order valence-corrected chi connectivity index (χ4v) is 6.42. The first-order chi connectivity index (χ1) is 17.8. The Bertz CT molecular complexity index is 1480. The summed E-state index contributed by atoms with van der Waals surface area (Å²) in [6, 6.07) is 23.6. The van der Waals surface area contributed by atoms with Crippen molar-refractivity contribution in [2.45, 2.75) is 6.04 Å². The molecule has 0 spiro atoms. The standard InChI is InChI=1S/C27H23ClN4O3S2/c1-31(26(19-9-4-2-5-10-19)20-11-6-3-7-12-20)27(33)22-15-14-21(28)17-23(22)30-37(34,35)25-13-8-16-32-24(25)18-29-36-32/h2-18,26,29-30H,1H3. The molecule has 3 aromatic carbocycles. The number of hydrogen-bond donors (Lipinski definition) is 2. The molecule has 3 aromatic rings. The molecule has 0 saturated heterocycles. The highest BCUT2D eigenvalue weighted by Crippen LogP contribution is 2.35. The molecule has 2 aliphatic heterocycles. The van der Waals surface area contributed by atoms with E-state index in [1.54, 1.807) is 46.9 Å².